The molecule has 0 spiro atoms. The summed E-state index contributed by atoms with van der Waals surface area (Å²) in [5, 5.41) is 0. The second-order valence-electron chi connectivity index (χ2n) is 19.8. The van der Waals surface area contributed by atoms with Crippen LogP contribution < -0.4 is 0 Å². The van der Waals surface area contributed by atoms with E-state index >= 15 is 0 Å². The Bertz CT molecular complexity index is 1100. The summed E-state index contributed by atoms with van der Waals surface area (Å²) in [6.07, 6.45) is 35.4. The van der Waals surface area contributed by atoms with Crippen LogP contribution in [0.2, 0.25) is 0 Å². The first kappa shape index (κ1) is 45.8. The zero-order valence-corrected chi connectivity index (χ0v) is 37.3. The van der Waals surface area contributed by atoms with Gasteiger partial charge >= 0.3 is 0 Å². The Labute approximate surface area is 353 Å². The van der Waals surface area contributed by atoms with Crippen LogP contribution in [0, 0.1) is 5.41 Å². The predicted octanol–water partition coefficient (Wildman–Crippen LogP) is 10.3. The molecule has 0 radical (unpaired) electrons. The molecule has 0 heterocycles. The van der Waals surface area contributed by atoms with Crippen LogP contribution in [-0.2, 0) is 28.6 Å². The molecule has 0 bridgehead atoms. The van der Waals surface area contributed by atoms with Crippen molar-refractivity contribution in [3.8, 4) is 0 Å². The molecule has 0 saturated heterocycles. The van der Waals surface area contributed by atoms with Crippen LogP contribution in [0.15, 0.2) is 0 Å². The molecule has 6 fully saturated rings. The molecule has 0 aromatic rings. The molecule has 332 valence electrons. The van der Waals surface area contributed by atoms with E-state index in [1.807, 2.05) is 0 Å². The van der Waals surface area contributed by atoms with Crippen molar-refractivity contribution in [2.45, 2.75) is 255 Å². The highest BCUT2D eigenvalue weighted by Crippen LogP contribution is 2.35. The minimum Gasteiger partial charge on any atom is -0.371 e. The number of hydrogen-bond donors (Lipinski definition) is 0. The largest absolute Gasteiger partial charge is 0.371 e. The Morgan fingerprint density at radius 3 is 0.914 bits per heavy atom. The fourth-order valence-corrected chi connectivity index (χ4v) is 12.3. The zero-order chi connectivity index (χ0) is 40.6. The topological polar surface area (TPSA) is 88.6 Å². The molecule has 1 unspecified atom stereocenters. The van der Waals surface area contributed by atoms with Crippen LogP contribution in [0.25, 0.3) is 0 Å². The summed E-state index contributed by atoms with van der Waals surface area (Å²) in [5.74, 6) is 0.360. The van der Waals surface area contributed by atoms with Crippen molar-refractivity contribution in [2.24, 2.45) is 5.41 Å². The summed E-state index contributed by atoms with van der Waals surface area (Å²) in [5.41, 5.74) is -0.623. The fourth-order valence-electron chi connectivity index (χ4n) is 12.3. The van der Waals surface area contributed by atoms with Gasteiger partial charge in [-0.3, -0.25) is 14.4 Å². The normalized spacial score (nSPS) is 23.7. The van der Waals surface area contributed by atoms with Crippen LogP contribution >= 0.6 is 0 Å². The number of amides is 3. The Morgan fingerprint density at radius 2 is 0.672 bits per heavy atom. The molecule has 6 aliphatic carbocycles. The second kappa shape index (κ2) is 24.1. The lowest BCUT2D eigenvalue weighted by molar-refractivity contribution is -0.159. The molecule has 6 rings (SSSR count). The van der Waals surface area contributed by atoms with Gasteiger partial charge in [-0.25, -0.2) is 0 Å². The summed E-state index contributed by atoms with van der Waals surface area (Å²) < 4.78 is 19.7. The van der Waals surface area contributed by atoms with Crippen molar-refractivity contribution in [3.63, 3.8) is 0 Å². The van der Waals surface area contributed by atoms with Gasteiger partial charge in [-0.1, -0.05) is 122 Å². The summed E-state index contributed by atoms with van der Waals surface area (Å²) in [7, 11) is 0. The van der Waals surface area contributed by atoms with Gasteiger partial charge in [0.05, 0.1) is 19.3 Å². The van der Waals surface area contributed by atoms with Gasteiger partial charge in [0.25, 0.3) is 0 Å². The van der Waals surface area contributed by atoms with Gasteiger partial charge in [0.1, 0.15) is 19.8 Å². The third kappa shape index (κ3) is 12.7. The Morgan fingerprint density at radius 1 is 0.431 bits per heavy atom. The minimum atomic E-state index is -0.623. The molecule has 9 nitrogen and oxygen atoms in total. The van der Waals surface area contributed by atoms with E-state index in [-0.39, 0.29) is 56.9 Å². The van der Waals surface area contributed by atoms with E-state index in [1.165, 1.54) is 116 Å². The number of rotatable bonds is 19. The van der Waals surface area contributed by atoms with Crippen LogP contribution in [-0.4, -0.2) is 108 Å². The van der Waals surface area contributed by atoms with Gasteiger partial charge in [-0.2, -0.15) is 0 Å². The molecule has 3 amide bonds. The number of nitrogens with zero attached hydrogens (tertiary/aromatic N) is 3. The number of carbonyl (C=O) groups excluding carboxylic acids is 3. The summed E-state index contributed by atoms with van der Waals surface area (Å²) in [4.78, 5) is 49.4. The average molecular weight is 812 g/mol. The quantitative estimate of drug-likeness (QED) is 0.129. The molecule has 58 heavy (non-hydrogen) atoms. The summed E-state index contributed by atoms with van der Waals surface area (Å²) in [6.45, 7) is 4.91. The molecular formula is C49H85N3O6. The number of carbonyl (C=O) groups is 3. The molecule has 0 N–H and O–H groups in total. The lowest BCUT2D eigenvalue weighted by atomic mass is 9.81. The molecule has 1 atom stereocenters. The Kier molecular flexibility index (Phi) is 19.0. The van der Waals surface area contributed by atoms with E-state index < -0.39 is 5.41 Å². The molecule has 6 saturated carbocycles. The third-order valence-corrected chi connectivity index (χ3v) is 15.9. The van der Waals surface area contributed by atoms with E-state index in [2.05, 4.69) is 28.5 Å². The molecule has 9 heteroatoms. The highest BCUT2D eigenvalue weighted by Gasteiger charge is 2.41. The average Bonchev–Trinajstić information content (AvgIpc) is 3.27. The molecule has 6 aliphatic rings. The van der Waals surface area contributed by atoms with Gasteiger partial charge in [0, 0.05) is 41.7 Å². The van der Waals surface area contributed by atoms with Crippen LogP contribution in [0.5, 0.6) is 0 Å². The smallest absolute Gasteiger partial charge is 0.249 e. The van der Waals surface area contributed by atoms with Crippen molar-refractivity contribution in [1.82, 2.24) is 14.7 Å². The van der Waals surface area contributed by atoms with E-state index in [1.54, 1.807) is 0 Å². The van der Waals surface area contributed by atoms with Gasteiger partial charge < -0.3 is 28.9 Å². The first-order valence-electron chi connectivity index (χ1n) is 25.1. The molecule has 0 aromatic heterocycles. The van der Waals surface area contributed by atoms with Crippen molar-refractivity contribution in [2.75, 3.05) is 33.0 Å². The molecule has 0 aliphatic heterocycles. The highest BCUT2D eigenvalue weighted by atomic mass is 16.5. The number of hydrogen-bond acceptors (Lipinski definition) is 6. The van der Waals surface area contributed by atoms with Gasteiger partial charge in [0.15, 0.2) is 0 Å². The van der Waals surface area contributed by atoms with Gasteiger partial charge in [-0.15, -0.1) is 0 Å². The van der Waals surface area contributed by atoms with E-state index in [4.69, 9.17) is 14.2 Å². The second-order valence-corrected chi connectivity index (χ2v) is 19.8. The maximum absolute atomic E-state index is 14.3. The summed E-state index contributed by atoms with van der Waals surface area (Å²) in [6, 6.07) is 1.90. The molecule has 0 aromatic carbocycles. The first-order valence-corrected chi connectivity index (χ1v) is 25.1. The van der Waals surface area contributed by atoms with Crippen LogP contribution in [0.1, 0.15) is 213 Å². The van der Waals surface area contributed by atoms with Crippen molar-refractivity contribution in [1.29, 1.82) is 0 Å². The van der Waals surface area contributed by atoms with Crippen LogP contribution in [0.3, 0.4) is 0 Å². The van der Waals surface area contributed by atoms with E-state index in [9.17, 15) is 14.4 Å². The standard InChI is InChI=1S/C49H85N3O6/c1-3-49(37-56-34-46(53)50(40-22-10-4-11-23-40)41-24-12-5-13-25-41,38-57-35-47(54)51(42-26-14-6-15-27-42)43-28-16-7-17-29-43)39(2)58-36-48(55)52(44-30-18-8-19-31-44)45-32-20-9-21-33-45/h39-45H,3-38H2,1-2H3. The minimum absolute atomic E-state index is 0.0437. The third-order valence-electron chi connectivity index (χ3n) is 15.9. The monoisotopic (exact) mass is 812 g/mol. The van der Waals surface area contributed by atoms with Crippen molar-refractivity contribution in [3.05, 3.63) is 0 Å². The van der Waals surface area contributed by atoms with Crippen molar-refractivity contribution >= 4 is 17.7 Å². The zero-order valence-electron chi connectivity index (χ0n) is 37.3. The molecular weight excluding hydrogens is 727 g/mol. The lowest BCUT2D eigenvalue weighted by Crippen LogP contribution is -2.52. The number of ether oxygens (including phenoxy) is 3. The van der Waals surface area contributed by atoms with Crippen LogP contribution in [0.4, 0.5) is 0 Å². The lowest BCUT2D eigenvalue weighted by Gasteiger charge is -2.43. The highest BCUT2D eigenvalue weighted by molar-refractivity contribution is 5.79. The maximum atomic E-state index is 14.3. The van der Waals surface area contributed by atoms with Gasteiger partial charge in [0.2, 0.25) is 17.7 Å². The first-order chi connectivity index (χ1) is 28.4. The Hall–Kier alpha value is -1.71. The Balaban J connectivity index is 1.14. The van der Waals surface area contributed by atoms with E-state index in [0.717, 1.165) is 77.0 Å². The maximum Gasteiger partial charge on any atom is 0.249 e. The van der Waals surface area contributed by atoms with Crippen molar-refractivity contribution < 1.29 is 28.6 Å². The predicted molar refractivity (Wildman–Crippen MR) is 232 cm³/mol. The fraction of sp³-hybridized carbons (Fsp3) is 0.939. The van der Waals surface area contributed by atoms with E-state index in [0.29, 0.717) is 42.7 Å². The summed E-state index contributed by atoms with van der Waals surface area (Å²) >= 11 is 0. The van der Waals surface area contributed by atoms with Gasteiger partial charge in [-0.05, 0) is 90.4 Å². The SMILES string of the molecule is CCC(COCC(=O)N(C1CCCCC1)C1CCCCC1)(COCC(=O)N(C1CCCCC1)C1CCCCC1)C(C)OCC(=O)N(C1CCCCC1)C1CCCCC1.